The SMILES string of the molecule is C\C(O)=C/C=C(NC(=O)C1=CCC(N)CC1)\C(C)=C\O. The van der Waals surface area contributed by atoms with E-state index in [0.717, 1.165) is 12.7 Å². The molecule has 0 aromatic rings. The van der Waals surface area contributed by atoms with Crippen LogP contribution in [0.1, 0.15) is 33.1 Å². The number of carbonyl (C=O) groups excluding carboxylic acids is 1. The van der Waals surface area contributed by atoms with Gasteiger partial charge < -0.3 is 21.3 Å². The predicted molar refractivity (Wildman–Crippen MR) is 78.9 cm³/mol. The van der Waals surface area contributed by atoms with Crippen LogP contribution < -0.4 is 11.1 Å². The number of carbonyl (C=O) groups is 1. The van der Waals surface area contributed by atoms with Gasteiger partial charge in [-0.15, -0.1) is 0 Å². The summed E-state index contributed by atoms with van der Waals surface area (Å²) in [7, 11) is 0. The fourth-order valence-corrected chi connectivity index (χ4v) is 1.81. The van der Waals surface area contributed by atoms with Gasteiger partial charge in [0.2, 0.25) is 0 Å². The summed E-state index contributed by atoms with van der Waals surface area (Å²) in [5, 5.41) is 21.0. The molecule has 5 N–H and O–H groups in total. The van der Waals surface area contributed by atoms with Crippen LogP contribution in [0.3, 0.4) is 0 Å². The van der Waals surface area contributed by atoms with Crippen LogP contribution in [-0.2, 0) is 4.79 Å². The van der Waals surface area contributed by atoms with Crippen LogP contribution in [0.15, 0.2) is 47.1 Å². The van der Waals surface area contributed by atoms with Crippen molar-refractivity contribution in [3.8, 4) is 0 Å². The van der Waals surface area contributed by atoms with E-state index in [1.807, 2.05) is 6.08 Å². The number of amides is 1. The molecule has 0 fully saturated rings. The Morgan fingerprint density at radius 1 is 1.45 bits per heavy atom. The largest absolute Gasteiger partial charge is 0.515 e. The van der Waals surface area contributed by atoms with E-state index in [9.17, 15) is 4.79 Å². The van der Waals surface area contributed by atoms with Crippen molar-refractivity contribution in [2.45, 2.75) is 39.2 Å². The highest BCUT2D eigenvalue weighted by Crippen LogP contribution is 2.18. The number of aliphatic hydroxyl groups is 2. The maximum atomic E-state index is 12.1. The Kier molecular flexibility index (Phi) is 6.06. The first-order valence-electron chi connectivity index (χ1n) is 6.59. The van der Waals surface area contributed by atoms with Crippen molar-refractivity contribution >= 4 is 5.91 Å². The molecule has 5 heteroatoms. The van der Waals surface area contributed by atoms with Gasteiger partial charge in [0.15, 0.2) is 0 Å². The highest BCUT2D eigenvalue weighted by molar-refractivity contribution is 5.95. The number of aliphatic hydroxyl groups excluding tert-OH is 2. The van der Waals surface area contributed by atoms with E-state index < -0.39 is 0 Å². The maximum Gasteiger partial charge on any atom is 0.251 e. The molecule has 0 spiro atoms. The number of hydrogen-bond acceptors (Lipinski definition) is 4. The lowest BCUT2D eigenvalue weighted by atomic mass is 9.95. The molecule has 0 radical (unpaired) electrons. The zero-order chi connectivity index (χ0) is 15.1. The van der Waals surface area contributed by atoms with Gasteiger partial charge in [-0.25, -0.2) is 0 Å². The maximum absolute atomic E-state index is 12.1. The minimum atomic E-state index is -0.201. The van der Waals surface area contributed by atoms with Gasteiger partial charge in [-0.3, -0.25) is 4.79 Å². The van der Waals surface area contributed by atoms with Crippen molar-refractivity contribution < 1.29 is 15.0 Å². The highest BCUT2D eigenvalue weighted by Gasteiger charge is 2.17. The molecule has 1 amide bonds. The van der Waals surface area contributed by atoms with Gasteiger partial charge in [0.05, 0.1) is 12.0 Å². The van der Waals surface area contributed by atoms with Crippen LogP contribution in [0.25, 0.3) is 0 Å². The second-order valence-corrected chi connectivity index (χ2v) is 4.92. The molecule has 0 aromatic carbocycles. The molecule has 20 heavy (non-hydrogen) atoms. The zero-order valence-corrected chi connectivity index (χ0v) is 11.9. The number of allylic oxidation sites excluding steroid dienone is 4. The second-order valence-electron chi connectivity index (χ2n) is 4.92. The molecule has 0 aliphatic heterocycles. The molecule has 5 nitrogen and oxygen atoms in total. The minimum Gasteiger partial charge on any atom is -0.515 e. The predicted octanol–water partition coefficient (Wildman–Crippen LogP) is 2.35. The summed E-state index contributed by atoms with van der Waals surface area (Å²) < 4.78 is 0. The van der Waals surface area contributed by atoms with Crippen molar-refractivity contribution in [2.24, 2.45) is 5.73 Å². The number of rotatable bonds is 4. The summed E-state index contributed by atoms with van der Waals surface area (Å²) >= 11 is 0. The lowest BCUT2D eigenvalue weighted by Crippen LogP contribution is -2.29. The Bertz CT molecular complexity index is 483. The third-order valence-electron chi connectivity index (χ3n) is 3.10. The van der Waals surface area contributed by atoms with E-state index >= 15 is 0 Å². The molecule has 0 bridgehead atoms. The lowest BCUT2D eigenvalue weighted by Gasteiger charge is -2.18. The number of nitrogens with two attached hydrogens (primary N) is 1. The monoisotopic (exact) mass is 278 g/mol. The third kappa shape index (κ3) is 4.93. The van der Waals surface area contributed by atoms with Gasteiger partial charge in [0.25, 0.3) is 5.91 Å². The molecule has 0 heterocycles. The molecular formula is C15H22N2O3. The standard InChI is InChI=1S/C15H22N2O3/c1-10(9-18)14(8-3-11(2)19)17-15(20)12-4-6-13(16)7-5-12/h3-4,8-9,13,18-19H,5-7,16H2,1-2H3,(H,17,20)/b10-9+,11-3+,14-8+. The lowest BCUT2D eigenvalue weighted by molar-refractivity contribution is -0.117. The van der Waals surface area contributed by atoms with E-state index in [1.54, 1.807) is 13.0 Å². The minimum absolute atomic E-state index is 0.116. The first kappa shape index (κ1) is 16.0. The quantitative estimate of drug-likeness (QED) is 0.469. The van der Waals surface area contributed by atoms with Gasteiger partial charge in [-0.2, -0.15) is 0 Å². The Morgan fingerprint density at radius 3 is 2.65 bits per heavy atom. The summed E-state index contributed by atoms with van der Waals surface area (Å²) in [6.45, 7) is 3.19. The first-order valence-corrected chi connectivity index (χ1v) is 6.59. The van der Waals surface area contributed by atoms with Crippen LogP contribution in [0, 0.1) is 0 Å². The number of nitrogens with one attached hydrogen (secondary N) is 1. The average Bonchev–Trinajstić information content (AvgIpc) is 2.42. The Morgan fingerprint density at radius 2 is 2.15 bits per heavy atom. The summed E-state index contributed by atoms with van der Waals surface area (Å²) in [6.07, 6.45) is 7.91. The average molecular weight is 278 g/mol. The van der Waals surface area contributed by atoms with Gasteiger partial charge in [0.1, 0.15) is 0 Å². The first-order chi connectivity index (χ1) is 9.43. The summed E-state index contributed by atoms with van der Waals surface area (Å²) in [6, 6.07) is 0.126. The van der Waals surface area contributed by atoms with E-state index in [1.165, 1.54) is 13.0 Å². The molecule has 1 aliphatic rings. The van der Waals surface area contributed by atoms with E-state index in [4.69, 9.17) is 15.9 Å². The molecule has 0 saturated carbocycles. The van der Waals surface area contributed by atoms with Crippen molar-refractivity contribution in [3.63, 3.8) is 0 Å². The molecule has 1 aliphatic carbocycles. The summed E-state index contributed by atoms with van der Waals surface area (Å²) in [4.78, 5) is 12.1. The summed E-state index contributed by atoms with van der Waals surface area (Å²) in [5.41, 5.74) is 7.44. The fourth-order valence-electron chi connectivity index (χ4n) is 1.81. The molecule has 110 valence electrons. The summed E-state index contributed by atoms with van der Waals surface area (Å²) in [5.74, 6) is -0.0845. The molecule has 1 rings (SSSR count). The van der Waals surface area contributed by atoms with Crippen LogP contribution >= 0.6 is 0 Å². The van der Waals surface area contributed by atoms with Gasteiger partial charge in [-0.1, -0.05) is 6.08 Å². The van der Waals surface area contributed by atoms with Crippen molar-refractivity contribution in [2.75, 3.05) is 0 Å². The Balaban J connectivity index is 2.83. The topological polar surface area (TPSA) is 95.6 Å². The normalized spacial score (nSPS) is 21.4. The van der Waals surface area contributed by atoms with E-state index in [2.05, 4.69) is 5.32 Å². The van der Waals surface area contributed by atoms with Crippen molar-refractivity contribution in [1.82, 2.24) is 5.32 Å². The van der Waals surface area contributed by atoms with Crippen molar-refractivity contribution in [3.05, 3.63) is 47.1 Å². The van der Waals surface area contributed by atoms with Gasteiger partial charge >= 0.3 is 0 Å². The van der Waals surface area contributed by atoms with Crippen molar-refractivity contribution in [1.29, 1.82) is 0 Å². The molecule has 1 atom stereocenters. The van der Waals surface area contributed by atoms with Gasteiger partial charge in [-0.05, 0) is 45.3 Å². The highest BCUT2D eigenvalue weighted by atomic mass is 16.3. The van der Waals surface area contributed by atoms with Crippen LogP contribution in [0.2, 0.25) is 0 Å². The number of hydrogen-bond donors (Lipinski definition) is 4. The van der Waals surface area contributed by atoms with Crippen LogP contribution in [0.5, 0.6) is 0 Å². The zero-order valence-electron chi connectivity index (χ0n) is 11.9. The molecular weight excluding hydrogens is 256 g/mol. The van der Waals surface area contributed by atoms with Crippen LogP contribution in [0.4, 0.5) is 0 Å². The van der Waals surface area contributed by atoms with Gasteiger partial charge in [0, 0.05) is 22.9 Å². The van der Waals surface area contributed by atoms with E-state index in [-0.39, 0.29) is 17.7 Å². The molecule has 0 saturated heterocycles. The van der Waals surface area contributed by atoms with E-state index in [0.29, 0.717) is 29.7 Å². The fraction of sp³-hybridized carbons (Fsp3) is 0.400. The third-order valence-corrected chi connectivity index (χ3v) is 3.10. The van der Waals surface area contributed by atoms with Crippen LogP contribution in [-0.4, -0.2) is 22.2 Å². The molecule has 1 unspecified atom stereocenters. The Labute approximate surface area is 119 Å². The second kappa shape index (κ2) is 7.55. The Hall–Kier alpha value is -2.01. The molecule has 0 aromatic heterocycles. The smallest absolute Gasteiger partial charge is 0.251 e.